The van der Waals surface area contributed by atoms with E-state index in [1.807, 2.05) is 55.4 Å². The van der Waals surface area contributed by atoms with Gasteiger partial charge in [0.15, 0.2) is 0 Å². The summed E-state index contributed by atoms with van der Waals surface area (Å²) < 4.78 is 0.887. The van der Waals surface area contributed by atoms with Gasteiger partial charge in [0.1, 0.15) is 5.01 Å². The van der Waals surface area contributed by atoms with Gasteiger partial charge in [-0.15, -0.1) is 11.3 Å². The van der Waals surface area contributed by atoms with E-state index in [-0.39, 0.29) is 24.8 Å². The normalized spacial score (nSPS) is 16.8. The SMILES string of the molecule is CN(C)C1CN(C(=O)c2ccc3nc(CNC(=O)C4(CC(=O)O)Cc5ccccc5C4)sc3c2)C1. The van der Waals surface area contributed by atoms with Gasteiger partial charge in [0.2, 0.25) is 5.91 Å². The molecule has 0 spiro atoms. The number of rotatable bonds is 7. The van der Waals surface area contributed by atoms with Gasteiger partial charge in [-0.3, -0.25) is 14.4 Å². The van der Waals surface area contributed by atoms with E-state index in [0.717, 1.165) is 39.4 Å². The summed E-state index contributed by atoms with van der Waals surface area (Å²) in [6, 6.07) is 13.6. The number of thiazole rings is 1. The highest BCUT2D eigenvalue weighted by molar-refractivity contribution is 7.18. The average molecular weight is 493 g/mol. The second kappa shape index (κ2) is 9.05. The van der Waals surface area contributed by atoms with Gasteiger partial charge in [-0.1, -0.05) is 24.3 Å². The molecule has 35 heavy (non-hydrogen) atoms. The minimum atomic E-state index is -0.993. The maximum absolute atomic E-state index is 13.2. The van der Waals surface area contributed by atoms with Crippen molar-refractivity contribution in [3.8, 4) is 0 Å². The van der Waals surface area contributed by atoms with Gasteiger partial charge >= 0.3 is 5.97 Å². The first kappa shape index (κ1) is 23.4. The average Bonchev–Trinajstić information content (AvgIpc) is 3.36. The van der Waals surface area contributed by atoms with E-state index in [2.05, 4.69) is 15.2 Å². The molecule has 8 nitrogen and oxygen atoms in total. The number of likely N-dealkylation sites (N-methyl/N-ethyl adjacent to an activating group) is 1. The van der Waals surface area contributed by atoms with Crippen molar-refractivity contribution in [2.24, 2.45) is 5.41 Å². The van der Waals surface area contributed by atoms with Crippen molar-refractivity contribution in [3.63, 3.8) is 0 Å². The number of amides is 2. The first-order valence-corrected chi connectivity index (χ1v) is 12.5. The number of aromatic nitrogens is 1. The van der Waals surface area contributed by atoms with Crippen molar-refractivity contribution < 1.29 is 19.5 Å². The quantitative estimate of drug-likeness (QED) is 0.526. The Balaban J connectivity index is 1.27. The number of hydrogen-bond donors (Lipinski definition) is 2. The van der Waals surface area contributed by atoms with Gasteiger partial charge in [-0.25, -0.2) is 4.98 Å². The zero-order valence-electron chi connectivity index (χ0n) is 19.8. The highest BCUT2D eigenvalue weighted by Gasteiger charge is 2.45. The van der Waals surface area contributed by atoms with Crippen LogP contribution in [0.15, 0.2) is 42.5 Å². The molecular formula is C26H28N4O4S. The Morgan fingerprint density at radius 1 is 1.14 bits per heavy atom. The van der Waals surface area contributed by atoms with E-state index in [1.54, 1.807) is 6.07 Å². The first-order chi connectivity index (χ1) is 16.7. The number of fused-ring (bicyclic) bond motifs is 2. The third-order valence-corrected chi connectivity index (χ3v) is 8.13. The van der Waals surface area contributed by atoms with Gasteiger partial charge in [0, 0.05) is 24.7 Å². The van der Waals surface area contributed by atoms with Crippen molar-refractivity contribution in [1.29, 1.82) is 0 Å². The van der Waals surface area contributed by atoms with Crippen LogP contribution in [0.3, 0.4) is 0 Å². The highest BCUT2D eigenvalue weighted by Crippen LogP contribution is 2.40. The van der Waals surface area contributed by atoms with Gasteiger partial charge in [-0.2, -0.15) is 0 Å². The van der Waals surface area contributed by atoms with Crippen LogP contribution in [-0.4, -0.2) is 70.9 Å². The van der Waals surface area contributed by atoms with Gasteiger partial charge in [-0.05, 0) is 56.3 Å². The Hall–Kier alpha value is -3.30. The molecule has 1 aliphatic heterocycles. The molecule has 5 rings (SSSR count). The maximum atomic E-state index is 13.2. The summed E-state index contributed by atoms with van der Waals surface area (Å²) in [6.45, 7) is 1.67. The fraction of sp³-hybridized carbons (Fsp3) is 0.385. The number of nitrogens with zero attached hydrogens (tertiary/aromatic N) is 3. The zero-order chi connectivity index (χ0) is 24.7. The van der Waals surface area contributed by atoms with Crippen LogP contribution >= 0.6 is 11.3 Å². The molecule has 1 aromatic heterocycles. The molecule has 0 bridgehead atoms. The molecule has 0 unspecified atom stereocenters. The monoisotopic (exact) mass is 492 g/mol. The summed E-state index contributed by atoms with van der Waals surface area (Å²) in [6.07, 6.45) is 0.611. The van der Waals surface area contributed by atoms with Crippen LogP contribution in [0.1, 0.15) is 32.9 Å². The Morgan fingerprint density at radius 3 is 2.46 bits per heavy atom. The molecule has 182 valence electrons. The Kier molecular flexibility index (Phi) is 6.06. The van der Waals surface area contributed by atoms with Gasteiger partial charge in [0.05, 0.1) is 28.6 Å². The summed E-state index contributed by atoms with van der Waals surface area (Å²) in [5.74, 6) is -1.23. The predicted molar refractivity (Wildman–Crippen MR) is 133 cm³/mol. The van der Waals surface area contributed by atoms with Crippen molar-refractivity contribution >= 4 is 39.3 Å². The summed E-state index contributed by atoms with van der Waals surface area (Å²) in [5.41, 5.74) is 2.48. The van der Waals surface area contributed by atoms with Crippen molar-refractivity contribution in [1.82, 2.24) is 20.1 Å². The van der Waals surface area contributed by atoms with Crippen molar-refractivity contribution in [2.45, 2.75) is 31.8 Å². The van der Waals surface area contributed by atoms with E-state index in [4.69, 9.17) is 0 Å². The summed E-state index contributed by atoms with van der Waals surface area (Å²) >= 11 is 1.44. The molecule has 1 fully saturated rings. The molecule has 2 aliphatic rings. The van der Waals surface area contributed by atoms with Gasteiger partial charge in [0.25, 0.3) is 5.91 Å². The molecule has 2 aromatic carbocycles. The lowest BCUT2D eigenvalue weighted by atomic mass is 9.80. The minimum absolute atomic E-state index is 0.0182. The van der Waals surface area contributed by atoms with Gasteiger partial charge < -0.3 is 20.2 Å². The molecule has 0 radical (unpaired) electrons. The summed E-state index contributed by atoms with van der Waals surface area (Å²) in [5, 5.41) is 13.2. The van der Waals surface area contributed by atoms with Crippen LogP contribution in [0.4, 0.5) is 0 Å². The molecule has 1 saturated heterocycles. The number of hydrogen-bond acceptors (Lipinski definition) is 6. The lowest BCUT2D eigenvalue weighted by Crippen LogP contribution is -2.59. The molecular weight excluding hydrogens is 464 g/mol. The van der Waals surface area contributed by atoms with E-state index in [1.165, 1.54) is 11.3 Å². The molecule has 9 heteroatoms. The van der Waals surface area contributed by atoms with Crippen LogP contribution in [0, 0.1) is 5.41 Å². The van der Waals surface area contributed by atoms with E-state index in [0.29, 0.717) is 24.4 Å². The van der Waals surface area contributed by atoms with E-state index < -0.39 is 11.4 Å². The summed E-state index contributed by atoms with van der Waals surface area (Å²) in [4.78, 5) is 46.2. The number of carbonyl (C=O) groups is 3. The standard InChI is InChI=1S/C26H28N4O4S/c1-29(2)19-14-30(15-19)24(33)16-7-8-20-21(9-16)35-22(28-20)13-27-25(34)26(12-23(31)32)10-17-5-3-4-6-18(17)11-26/h3-9,19H,10-15H2,1-2H3,(H,27,34)(H,31,32). The smallest absolute Gasteiger partial charge is 0.304 e. The number of carbonyl (C=O) groups excluding carboxylic acids is 2. The number of carboxylic acid groups (broad SMARTS) is 1. The zero-order valence-corrected chi connectivity index (χ0v) is 20.6. The Labute approximate surface area is 207 Å². The molecule has 0 atom stereocenters. The number of carboxylic acids is 1. The second-order valence-electron chi connectivity index (χ2n) is 9.77. The fourth-order valence-corrected chi connectivity index (χ4v) is 5.95. The van der Waals surface area contributed by atoms with Crippen LogP contribution in [0.5, 0.6) is 0 Å². The Bertz CT molecular complexity index is 1290. The molecule has 0 saturated carbocycles. The number of nitrogens with one attached hydrogen (secondary N) is 1. The largest absolute Gasteiger partial charge is 0.481 e. The minimum Gasteiger partial charge on any atom is -0.481 e. The van der Waals surface area contributed by atoms with Crippen LogP contribution < -0.4 is 5.32 Å². The molecule has 2 heterocycles. The number of benzene rings is 2. The van der Waals surface area contributed by atoms with Crippen molar-refractivity contribution in [2.75, 3.05) is 27.2 Å². The molecule has 2 N–H and O–H groups in total. The number of likely N-dealkylation sites (tertiary alicyclic amines) is 1. The van der Waals surface area contributed by atoms with E-state index in [9.17, 15) is 19.5 Å². The van der Waals surface area contributed by atoms with E-state index >= 15 is 0 Å². The first-order valence-electron chi connectivity index (χ1n) is 11.7. The predicted octanol–water partition coefficient (Wildman–Crippen LogP) is 2.56. The topological polar surface area (TPSA) is 103 Å². The Morgan fingerprint density at radius 2 is 1.83 bits per heavy atom. The molecule has 2 amide bonds. The lowest BCUT2D eigenvalue weighted by Gasteiger charge is -2.42. The highest BCUT2D eigenvalue weighted by atomic mass is 32.1. The third-order valence-electron chi connectivity index (χ3n) is 7.11. The number of aliphatic carboxylic acids is 1. The van der Waals surface area contributed by atoms with Crippen LogP contribution in [0.2, 0.25) is 0 Å². The summed E-state index contributed by atoms with van der Waals surface area (Å²) in [7, 11) is 4.04. The molecule has 1 aliphatic carbocycles. The van der Waals surface area contributed by atoms with Crippen LogP contribution in [-0.2, 0) is 29.0 Å². The second-order valence-corrected chi connectivity index (χ2v) is 10.9. The maximum Gasteiger partial charge on any atom is 0.304 e. The third kappa shape index (κ3) is 4.53. The van der Waals surface area contributed by atoms with Crippen molar-refractivity contribution in [3.05, 3.63) is 64.2 Å². The lowest BCUT2D eigenvalue weighted by molar-refractivity contribution is -0.145. The molecule has 3 aromatic rings. The fourth-order valence-electron chi connectivity index (χ4n) is 5.00. The van der Waals surface area contributed by atoms with Crippen LogP contribution in [0.25, 0.3) is 10.2 Å².